The average Bonchev–Trinajstić information content (AvgIpc) is 2.48. The number of ether oxygens (including phenoxy) is 2. The zero-order chi connectivity index (χ0) is 17.1. The van der Waals surface area contributed by atoms with E-state index in [-0.39, 0.29) is 10.8 Å². The van der Waals surface area contributed by atoms with E-state index < -0.39 is 43.2 Å². The third kappa shape index (κ3) is 4.26. The van der Waals surface area contributed by atoms with Gasteiger partial charge in [-0.2, -0.15) is 0 Å². The van der Waals surface area contributed by atoms with Gasteiger partial charge in [0.05, 0.1) is 11.6 Å². The second-order valence-electron chi connectivity index (χ2n) is 5.13. The Morgan fingerprint density at radius 1 is 1.35 bits per heavy atom. The summed E-state index contributed by atoms with van der Waals surface area (Å²) in [7, 11) is 0. The maximum absolute atomic E-state index is 11.3. The normalized spacial score (nSPS) is 30.8. The van der Waals surface area contributed by atoms with Gasteiger partial charge in [-0.15, -0.1) is 0 Å². The molecule has 1 saturated heterocycles. The van der Waals surface area contributed by atoms with Crippen LogP contribution in [-0.2, 0) is 9.53 Å². The third-order valence-corrected chi connectivity index (χ3v) is 3.92. The number of amides is 1. The zero-order valence-electron chi connectivity index (χ0n) is 12.1. The SMILES string of the molecule is CC(=O)N[C@H]1[C@@H](Oc2ccc(Cl)cc2Cl)O[C@H](CO)[C@H](O)[C@@H]1O. The van der Waals surface area contributed by atoms with Crippen LogP contribution in [0.15, 0.2) is 18.2 Å². The first-order valence-electron chi connectivity index (χ1n) is 6.84. The quantitative estimate of drug-likeness (QED) is 0.611. The van der Waals surface area contributed by atoms with Gasteiger partial charge in [0.25, 0.3) is 0 Å². The first-order chi connectivity index (χ1) is 10.8. The average molecular weight is 366 g/mol. The van der Waals surface area contributed by atoms with Crippen molar-refractivity contribution in [1.82, 2.24) is 5.32 Å². The molecule has 4 N–H and O–H groups in total. The van der Waals surface area contributed by atoms with E-state index in [1.807, 2.05) is 0 Å². The van der Waals surface area contributed by atoms with Crippen molar-refractivity contribution in [3.05, 3.63) is 28.2 Å². The van der Waals surface area contributed by atoms with E-state index in [9.17, 15) is 20.1 Å². The molecule has 1 aromatic rings. The summed E-state index contributed by atoms with van der Waals surface area (Å²) < 4.78 is 11.0. The van der Waals surface area contributed by atoms with Crippen LogP contribution in [0.2, 0.25) is 10.0 Å². The van der Waals surface area contributed by atoms with E-state index in [1.165, 1.54) is 19.1 Å². The Kier molecular flexibility index (Phi) is 6.07. The molecule has 7 nitrogen and oxygen atoms in total. The van der Waals surface area contributed by atoms with E-state index >= 15 is 0 Å². The number of halogens is 2. The van der Waals surface area contributed by atoms with E-state index in [2.05, 4.69) is 5.32 Å². The highest BCUT2D eigenvalue weighted by molar-refractivity contribution is 6.35. The highest BCUT2D eigenvalue weighted by Crippen LogP contribution is 2.31. The molecule has 1 aliphatic rings. The molecule has 1 aromatic carbocycles. The molecule has 1 heterocycles. The van der Waals surface area contributed by atoms with Crippen LogP contribution in [0.5, 0.6) is 5.75 Å². The van der Waals surface area contributed by atoms with Crippen molar-refractivity contribution in [1.29, 1.82) is 0 Å². The van der Waals surface area contributed by atoms with Gasteiger partial charge < -0.3 is 30.1 Å². The van der Waals surface area contributed by atoms with E-state index in [4.69, 9.17) is 32.7 Å². The summed E-state index contributed by atoms with van der Waals surface area (Å²) in [5, 5.41) is 32.4. The first-order valence-corrected chi connectivity index (χ1v) is 7.60. The molecular formula is C14H17Cl2NO6. The van der Waals surface area contributed by atoms with Crippen molar-refractivity contribution in [2.45, 2.75) is 37.6 Å². The highest BCUT2D eigenvalue weighted by atomic mass is 35.5. The van der Waals surface area contributed by atoms with Crippen molar-refractivity contribution in [3.8, 4) is 5.75 Å². The van der Waals surface area contributed by atoms with Gasteiger partial charge in [0.1, 0.15) is 30.1 Å². The smallest absolute Gasteiger partial charge is 0.223 e. The van der Waals surface area contributed by atoms with Gasteiger partial charge >= 0.3 is 0 Å². The Morgan fingerprint density at radius 3 is 2.61 bits per heavy atom. The number of aliphatic hydroxyl groups excluding tert-OH is 3. The van der Waals surface area contributed by atoms with Crippen molar-refractivity contribution in [2.24, 2.45) is 0 Å². The van der Waals surface area contributed by atoms with Crippen molar-refractivity contribution in [2.75, 3.05) is 6.61 Å². The van der Waals surface area contributed by atoms with Gasteiger partial charge in [-0.3, -0.25) is 4.79 Å². The van der Waals surface area contributed by atoms with Crippen LogP contribution in [0, 0.1) is 0 Å². The molecule has 1 amide bonds. The fourth-order valence-corrected chi connectivity index (χ4v) is 2.72. The molecule has 0 aromatic heterocycles. The van der Waals surface area contributed by atoms with Crippen LogP contribution in [0.25, 0.3) is 0 Å². The Bertz CT molecular complexity index is 572. The number of aliphatic hydroxyl groups is 3. The number of hydrogen-bond donors (Lipinski definition) is 4. The molecule has 2 rings (SSSR count). The fraction of sp³-hybridized carbons (Fsp3) is 0.500. The lowest BCUT2D eigenvalue weighted by atomic mass is 9.97. The monoisotopic (exact) mass is 365 g/mol. The minimum absolute atomic E-state index is 0.212. The summed E-state index contributed by atoms with van der Waals surface area (Å²) >= 11 is 11.8. The molecule has 9 heteroatoms. The number of carbonyl (C=O) groups is 1. The Hall–Kier alpha value is -1.09. The summed E-state index contributed by atoms with van der Waals surface area (Å²) in [6, 6.07) is 3.47. The lowest BCUT2D eigenvalue weighted by Gasteiger charge is -2.42. The summed E-state index contributed by atoms with van der Waals surface area (Å²) in [5.74, 6) is -0.222. The molecule has 0 spiro atoms. The Morgan fingerprint density at radius 2 is 2.04 bits per heavy atom. The molecular weight excluding hydrogens is 349 g/mol. The lowest BCUT2D eigenvalue weighted by Crippen LogP contribution is -2.65. The van der Waals surface area contributed by atoms with E-state index in [1.54, 1.807) is 6.07 Å². The molecule has 1 fully saturated rings. The molecule has 23 heavy (non-hydrogen) atoms. The predicted molar refractivity (Wildman–Crippen MR) is 82.5 cm³/mol. The van der Waals surface area contributed by atoms with Gasteiger partial charge in [-0.05, 0) is 18.2 Å². The van der Waals surface area contributed by atoms with Crippen LogP contribution in [-0.4, -0.2) is 58.5 Å². The van der Waals surface area contributed by atoms with Crippen LogP contribution in [0.3, 0.4) is 0 Å². The summed E-state index contributed by atoms with van der Waals surface area (Å²) in [6.07, 6.45) is -4.99. The standard InChI is InChI=1S/C14H17Cl2NO6/c1-6(19)17-11-13(21)12(20)10(5-18)23-14(11)22-9-3-2-7(15)4-8(9)16/h2-4,10-14,18,20-21H,5H2,1H3,(H,17,19)/t10-,11-,12+,13-,14+/m1/s1. The largest absolute Gasteiger partial charge is 0.461 e. The second-order valence-corrected chi connectivity index (χ2v) is 5.97. The number of hydrogen-bond acceptors (Lipinski definition) is 6. The van der Waals surface area contributed by atoms with Crippen LogP contribution >= 0.6 is 23.2 Å². The van der Waals surface area contributed by atoms with E-state index in [0.717, 1.165) is 0 Å². The molecule has 1 aliphatic heterocycles. The molecule has 0 aliphatic carbocycles. The fourth-order valence-electron chi connectivity index (χ4n) is 2.27. The molecule has 0 bridgehead atoms. The van der Waals surface area contributed by atoms with Crippen LogP contribution in [0.4, 0.5) is 0 Å². The molecule has 0 saturated carbocycles. The highest BCUT2D eigenvalue weighted by Gasteiger charge is 2.46. The number of benzene rings is 1. The predicted octanol–water partition coefficient (Wildman–Crippen LogP) is 0.316. The maximum Gasteiger partial charge on any atom is 0.223 e. The Balaban J connectivity index is 2.25. The van der Waals surface area contributed by atoms with Crippen molar-refractivity contribution in [3.63, 3.8) is 0 Å². The number of carbonyl (C=O) groups excluding carboxylic acids is 1. The van der Waals surface area contributed by atoms with Crippen molar-refractivity contribution >= 4 is 29.1 Å². The lowest BCUT2D eigenvalue weighted by molar-refractivity contribution is -0.244. The molecule has 5 atom stereocenters. The zero-order valence-corrected chi connectivity index (χ0v) is 13.7. The Labute approximate surface area is 142 Å². The van der Waals surface area contributed by atoms with Gasteiger partial charge in [-0.25, -0.2) is 0 Å². The summed E-state index contributed by atoms with van der Waals surface area (Å²) in [5.41, 5.74) is 0. The second kappa shape index (κ2) is 7.65. The van der Waals surface area contributed by atoms with Crippen LogP contribution in [0.1, 0.15) is 6.92 Å². The topological polar surface area (TPSA) is 108 Å². The first kappa shape index (κ1) is 18.3. The molecule has 0 unspecified atom stereocenters. The number of rotatable bonds is 4. The van der Waals surface area contributed by atoms with Crippen LogP contribution < -0.4 is 10.1 Å². The third-order valence-electron chi connectivity index (χ3n) is 3.39. The number of nitrogens with one attached hydrogen (secondary N) is 1. The van der Waals surface area contributed by atoms with Gasteiger partial charge in [0.15, 0.2) is 0 Å². The summed E-state index contributed by atoms with van der Waals surface area (Å²) in [4.78, 5) is 11.3. The minimum atomic E-state index is -1.39. The molecule has 0 radical (unpaired) electrons. The van der Waals surface area contributed by atoms with Gasteiger partial charge in [-0.1, -0.05) is 23.2 Å². The van der Waals surface area contributed by atoms with Gasteiger partial charge in [0, 0.05) is 11.9 Å². The van der Waals surface area contributed by atoms with Crippen molar-refractivity contribution < 1.29 is 29.6 Å². The maximum atomic E-state index is 11.3. The minimum Gasteiger partial charge on any atom is -0.461 e. The van der Waals surface area contributed by atoms with Gasteiger partial charge in [0.2, 0.25) is 12.2 Å². The summed E-state index contributed by atoms with van der Waals surface area (Å²) in [6.45, 7) is 0.725. The molecule has 128 valence electrons. The van der Waals surface area contributed by atoms with E-state index in [0.29, 0.717) is 5.02 Å².